The van der Waals surface area contributed by atoms with E-state index in [1.54, 1.807) is 7.05 Å². The van der Waals surface area contributed by atoms with Gasteiger partial charge in [-0.2, -0.15) is 0 Å². The molecule has 0 saturated heterocycles. The molecule has 0 saturated carbocycles. The first-order valence-corrected chi connectivity index (χ1v) is 6.12. The second kappa shape index (κ2) is 5.28. The van der Waals surface area contributed by atoms with E-state index in [9.17, 15) is 4.79 Å². The summed E-state index contributed by atoms with van der Waals surface area (Å²) in [6, 6.07) is 11.7. The molecule has 0 unspecified atom stereocenters. The number of hydrogen-bond donors (Lipinski definition) is 0. The van der Waals surface area contributed by atoms with Crippen LogP contribution in [0, 0.1) is 13.8 Å². The van der Waals surface area contributed by atoms with E-state index in [1.165, 1.54) is 23.6 Å². The number of aromatic nitrogens is 1. The summed E-state index contributed by atoms with van der Waals surface area (Å²) in [7, 11) is 3.06. The number of carbonyl (C=O) groups is 1. The van der Waals surface area contributed by atoms with Gasteiger partial charge in [-0.15, -0.1) is 0 Å². The summed E-state index contributed by atoms with van der Waals surface area (Å²) in [6.45, 7) is 4.12. The Hall–Kier alpha value is -2.07. The smallest absolute Gasteiger partial charge is 0.277 e. The molecule has 0 atom stereocenters. The first kappa shape index (κ1) is 13.4. The Labute approximate surface area is 113 Å². The van der Waals surface area contributed by atoms with E-state index < -0.39 is 0 Å². The molecule has 0 aliphatic rings. The van der Waals surface area contributed by atoms with Crippen LogP contribution in [0.1, 0.15) is 21.7 Å². The Kier molecular flexibility index (Phi) is 3.71. The van der Waals surface area contributed by atoms with Crippen LogP contribution in [0.2, 0.25) is 0 Å². The lowest BCUT2D eigenvalue weighted by atomic mass is 10.2. The summed E-state index contributed by atoms with van der Waals surface area (Å²) in [5.74, 6) is -0.157. The maximum Gasteiger partial charge on any atom is 0.277 e. The zero-order chi connectivity index (χ0) is 14.0. The van der Waals surface area contributed by atoms with Gasteiger partial charge >= 0.3 is 0 Å². The quantitative estimate of drug-likeness (QED) is 0.793. The van der Waals surface area contributed by atoms with Gasteiger partial charge in [-0.25, -0.2) is 5.06 Å². The second-order valence-electron chi connectivity index (χ2n) is 4.48. The van der Waals surface area contributed by atoms with Crippen LogP contribution in [0.3, 0.4) is 0 Å². The molecule has 0 aliphatic carbocycles. The van der Waals surface area contributed by atoms with Crippen molar-refractivity contribution in [1.29, 1.82) is 0 Å². The van der Waals surface area contributed by atoms with Crippen LogP contribution in [0.4, 0.5) is 0 Å². The first-order valence-electron chi connectivity index (χ1n) is 6.12. The van der Waals surface area contributed by atoms with Gasteiger partial charge in [0.1, 0.15) is 0 Å². The molecule has 1 aromatic heterocycles. The average molecular weight is 258 g/mol. The van der Waals surface area contributed by atoms with E-state index in [2.05, 4.69) is 30.5 Å². The van der Waals surface area contributed by atoms with Gasteiger partial charge in [0, 0.05) is 29.7 Å². The molecule has 0 aliphatic heterocycles. The Morgan fingerprint density at radius 1 is 1.05 bits per heavy atom. The molecule has 0 radical (unpaired) electrons. The van der Waals surface area contributed by atoms with Gasteiger partial charge in [0.2, 0.25) is 0 Å². The predicted molar refractivity (Wildman–Crippen MR) is 74.3 cm³/mol. The van der Waals surface area contributed by atoms with Crippen molar-refractivity contribution in [2.75, 3.05) is 14.2 Å². The van der Waals surface area contributed by atoms with E-state index in [1.807, 2.05) is 24.3 Å². The molecule has 2 aromatic rings. The van der Waals surface area contributed by atoms with Crippen LogP contribution < -0.4 is 0 Å². The van der Waals surface area contributed by atoms with Crippen molar-refractivity contribution in [3.8, 4) is 5.69 Å². The highest BCUT2D eigenvalue weighted by molar-refractivity contribution is 5.93. The molecule has 1 amide bonds. The van der Waals surface area contributed by atoms with Crippen LogP contribution >= 0.6 is 0 Å². The van der Waals surface area contributed by atoms with Crippen molar-refractivity contribution in [2.24, 2.45) is 0 Å². The minimum Gasteiger partial charge on any atom is -0.319 e. The number of amides is 1. The van der Waals surface area contributed by atoms with Gasteiger partial charge in [-0.1, -0.05) is 0 Å². The highest BCUT2D eigenvalue weighted by Gasteiger charge is 2.11. The Morgan fingerprint density at radius 2 is 1.58 bits per heavy atom. The fraction of sp³-hybridized carbons (Fsp3) is 0.267. The van der Waals surface area contributed by atoms with Crippen molar-refractivity contribution in [1.82, 2.24) is 9.63 Å². The molecule has 1 aromatic carbocycles. The fourth-order valence-corrected chi connectivity index (χ4v) is 2.09. The average Bonchev–Trinajstić information content (AvgIpc) is 2.77. The van der Waals surface area contributed by atoms with Crippen LogP contribution in [0.5, 0.6) is 0 Å². The van der Waals surface area contributed by atoms with Gasteiger partial charge in [0.05, 0.1) is 7.11 Å². The number of hydrogen-bond acceptors (Lipinski definition) is 2. The molecule has 19 heavy (non-hydrogen) atoms. The normalized spacial score (nSPS) is 10.5. The number of benzene rings is 1. The number of aryl methyl sites for hydroxylation is 2. The predicted octanol–water partition coefficient (Wildman–Crippen LogP) is 2.73. The maximum absolute atomic E-state index is 11.9. The molecule has 1 heterocycles. The largest absolute Gasteiger partial charge is 0.319 e. The number of hydroxylamine groups is 2. The van der Waals surface area contributed by atoms with E-state index in [-0.39, 0.29) is 5.91 Å². The first-order chi connectivity index (χ1) is 9.04. The second-order valence-corrected chi connectivity index (χ2v) is 4.48. The number of carbonyl (C=O) groups excluding carboxylic acids is 1. The third kappa shape index (κ3) is 2.53. The standard InChI is InChI=1S/C15H18N2O2/c1-11-5-6-12(2)17(11)14-9-7-13(8-10-14)15(18)16(3)19-4/h5-10H,1-4H3. The molecular weight excluding hydrogens is 240 g/mol. The van der Waals surface area contributed by atoms with Crippen molar-refractivity contribution < 1.29 is 9.63 Å². The SMILES string of the molecule is CON(C)C(=O)c1ccc(-n2c(C)ccc2C)cc1. The zero-order valence-corrected chi connectivity index (χ0v) is 11.7. The molecule has 0 bridgehead atoms. The minimum atomic E-state index is -0.157. The highest BCUT2D eigenvalue weighted by atomic mass is 16.7. The van der Waals surface area contributed by atoms with Gasteiger partial charge in [-0.3, -0.25) is 9.63 Å². The Bertz CT molecular complexity index is 565. The van der Waals surface area contributed by atoms with Crippen LogP contribution in [-0.2, 0) is 4.84 Å². The number of nitrogens with zero attached hydrogens (tertiary/aromatic N) is 2. The summed E-state index contributed by atoms with van der Waals surface area (Å²) in [5, 5.41) is 1.21. The monoisotopic (exact) mass is 258 g/mol. The van der Waals surface area contributed by atoms with Gasteiger partial charge in [-0.05, 0) is 50.2 Å². The molecule has 4 heteroatoms. The summed E-state index contributed by atoms with van der Waals surface area (Å²) >= 11 is 0. The third-order valence-corrected chi connectivity index (χ3v) is 3.20. The molecular formula is C15H18N2O2. The fourth-order valence-electron chi connectivity index (χ4n) is 2.09. The number of rotatable bonds is 3. The van der Waals surface area contributed by atoms with Crippen molar-refractivity contribution >= 4 is 5.91 Å². The van der Waals surface area contributed by atoms with E-state index in [4.69, 9.17) is 4.84 Å². The van der Waals surface area contributed by atoms with Gasteiger partial charge in [0.25, 0.3) is 5.91 Å². The molecule has 2 rings (SSSR count). The lowest BCUT2D eigenvalue weighted by Crippen LogP contribution is -2.25. The Balaban J connectivity index is 2.31. The Morgan fingerprint density at radius 3 is 2.05 bits per heavy atom. The molecule has 100 valence electrons. The summed E-state index contributed by atoms with van der Waals surface area (Å²) in [5.41, 5.74) is 4.00. The molecule has 4 nitrogen and oxygen atoms in total. The lowest BCUT2D eigenvalue weighted by molar-refractivity contribution is -0.0756. The van der Waals surface area contributed by atoms with E-state index in [0.717, 1.165) is 5.69 Å². The van der Waals surface area contributed by atoms with Crippen molar-refractivity contribution in [2.45, 2.75) is 13.8 Å². The third-order valence-electron chi connectivity index (χ3n) is 3.20. The van der Waals surface area contributed by atoms with Crippen LogP contribution in [0.25, 0.3) is 5.69 Å². The van der Waals surface area contributed by atoms with E-state index >= 15 is 0 Å². The summed E-state index contributed by atoms with van der Waals surface area (Å²) < 4.78 is 2.15. The minimum absolute atomic E-state index is 0.157. The molecule has 0 spiro atoms. The topological polar surface area (TPSA) is 34.5 Å². The van der Waals surface area contributed by atoms with Crippen LogP contribution in [0.15, 0.2) is 36.4 Å². The van der Waals surface area contributed by atoms with Crippen molar-refractivity contribution in [3.63, 3.8) is 0 Å². The molecule has 0 N–H and O–H groups in total. The van der Waals surface area contributed by atoms with Crippen LogP contribution in [-0.4, -0.2) is 29.7 Å². The maximum atomic E-state index is 11.9. The van der Waals surface area contributed by atoms with Crippen molar-refractivity contribution in [3.05, 3.63) is 53.3 Å². The highest BCUT2D eigenvalue weighted by Crippen LogP contribution is 2.17. The van der Waals surface area contributed by atoms with E-state index in [0.29, 0.717) is 5.56 Å². The van der Waals surface area contributed by atoms with Gasteiger partial charge < -0.3 is 4.57 Å². The zero-order valence-electron chi connectivity index (χ0n) is 11.7. The molecule has 0 fully saturated rings. The van der Waals surface area contributed by atoms with Gasteiger partial charge in [0.15, 0.2) is 0 Å². The lowest BCUT2D eigenvalue weighted by Gasteiger charge is -2.14. The summed E-state index contributed by atoms with van der Waals surface area (Å²) in [4.78, 5) is 16.8. The summed E-state index contributed by atoms with van der Waals surface area (Å²) in [6.07, 6.45) is 0.